The van der Waals surface area contributed by atoms with Crippen LogP contribution >= 0.6 is 0 Å². The van der Waals surface area contributed by atoms with Crippen LogP contribution in [0.1, 0.15) is 0 Å². The Morgan fingerprint density at radius 3 is 1.71 bits per heavy atom. The summed E-state index contributed by atoms with van der Waals surface area (Å²) in [7, 11) is 0. The van der Waals surface area contributed by atoms with Gasteiger partial charge in [0.25, 0.3) is 0 Å². The summed E-state index contributed by atoms with van der Waals surface area (Å²) in [6.07, 6.45) is 3.83. The molecule has 0 atom stereocenters. The fraction of sp³-hybridized carbons (Fsp3) is 0. The van der Waals surface area contributed by atoms with Crippen LogP contribution in [-0.2, 0) is 0 Å². The molecule has 10 aromatic rings. The minimum Gasteiger partial charge on any atom is -0.309 e. The highest BCUT2D eigenvalue weighted by atomic mass is 15.2. The van der Waals surface area contributed by atoms with Crippen molar-refractivity contribution in [1.82, 2.24) is 24.1 Å². The van der Waals surface area contributed by atoms with E-state index in [1.807, 2.05) is 67.0 Å². The third-order valence-corrected chi connectivity index (χ3v) is 9.86. The van der Waals surface area contributed by atoms with Crippen molar-refractivity contribution in [2.45, 2.75) is 0 Å². The number of aromatic nitrogens is 5. The summed E-state index contributed by atoms with van der Waals surface area (Å²) in [5.41, 5.74) is 11.9. The average Bonchev–Trinajstić information content (AvgIpc) is 3.73. The molecule has 4 heterocycles. The predicted octanol–water partition coefficient (Wildman–Crippen LogP) is 11.6. The molecular formula is C46H28N6. The second-order valence-electron chi connectivity index (χ2n) is 12.8. The first-order valence-corrected chi connectivity index (χ1v) is 17.1. The summed E-state index contributed by atoms with van der Waals surface area (Å²) in [5.74, 6) is 0.590. The van der Waals surface area contributed by atoms with E-state index in [0.29, 0.717) is 11.6 Å². The summed E-state index contributed by atoms with van der Waals surface area (Å²) >= 11 is 0. The first-order valence-electron chi connectivity index (χ1n) is 17.1. The number of para-hydroxylation sites is 2. The van der Waals surface area contributed by atoms with Gasteiger partial charge in [-0.05, 0) is 71.3 Å². The Bertz CT molecular complexity index is 3010. The van der Waals surface area contributed by atoms with Crippen LogP contribution in [0.5, 0.6) is 0 Å². The molecule has 0 aliphatic heterocycles. The molecule has 0 unspecified atom stereocenters. The van der Waals surface area contributed by atoms with E-state index >= 15 is 0 Å². The van der Waals surface area contributed by atoms with Crippen LogP contribution in [-0.4, -0.2) is 24.1 Å². The third kappa shape index (κ3) is 4.76. The number of pyridine rings is 1. The van der Waals surface area contributed by atoms with E-state index in [0.717, 1.165) is 82.9 Å². The molecule has 0 bridgehead atoms. The zero-order valence-corrected chi connectivity index (χ0v) is 27.8. The summed E-state index contributed by atoms with van der Waals surface area (Å²) in [6.45, 7) is 7.41. The highest BCUT2D eigenvalue weighted by molar-refractivity contribution is 6.12. The van der Waals surface area contributed by atoms with Gasteiger partial charge in [-0.3, -0.25) is 9.55 Å². The molecule has 0 amide bonds. The standard InChI is InChI=1S/C46H28N6/c1-47-34-20-16-31(17-21-34)41-28-40(30-10-4-2-5-11-30)49-46(50-41)52-42-15-9-8-14-36(42)37-26-32(19-23-44(37)52)33-18-22-43-38(27-33)39-29-48-25-24-45(39)51(43)35-12-6-3-7-13-35/h2-29H. The van der Waals surface area contributed by atoms with E-state index in [-0.39, 0.29) is 0 Å². The Morgan fingerprint density at radius 2 is 1.00 bits per heavy atom. The first-order chi connectivity index (χ1) is 25.7. The smallest absolute Gasteiger partial charge is 0.235 e. The van der Waals surface area contributed by atoms with Crippen molar-refractivity contribution in [3.8, 4) is 45.3 Å². The zero-order chi connectivity index (χ0) is 34.6. The lowest BCUT2D eigenvalue weighted by molar-refractivity contribution is 0.996. The molecule has 0 aliphatic carbocycles. The molecule has 52 heavy (non-hydrogen) atoms. The lowest BCUT2D eigenvalue weighted by Gasteiger charge is -2.12. The van der Waals surface area contributed by atoms with E-state index in [4.69, 9.17) is 16.5 Å². The van der Waals surface area contributed by atoms with Crippen LogP contribution in [0.2, 0.25) is 0 Å². The Morgan fingerprint density at radius 1 is 0.442 bits per heavy atom. The maximum atomic E-state index is 7.41. The van der Waals surface area contributed by atoms with E-state index in [9.17, 15) is 0 Å². The lowest BCUT2D eigenvalue weighted by Crippen LogP contribution is -2.04. The van der Waals surface area contributed by atoms with Crippen LogP contribution in [0, 0.1) is 6.57 Å². The molecule has 0 radical (unpaired) electrons. The highest BCUT2D eigenvalue weighted by Gasteiger charge is 2.19. The molecule has 6 heteroatoms. The molecule has 6 aromatic carbocycles. The fourth-order valence-corrected chi connectivity index (χ4v) is 7.41. The Balaban J connectivity index is 1.16. The van der Waals surface area contributed by atoms with Crippen molar-refractivity contribution in [1.29, 1.82) is 0 Å². The van der Waals surface area contributed by atoms with E-state index in [2.05, 4.69) is 122 Å². The number of rotatable bonds is 5. The maximum Gasteiger partial charge on any atom is 0.235 e. The van der Waals surface area contributed by atoms with Gasteiger partial charge in [-0.15, -0.1) is 0 Å². The summed E-state index contributed by atoms with van der Waals surface area (Å²) in [5, 5.41) is 4.53. The van der Waals surface area contributed by atoms with E-state index in [1.54, 1.807) is 0 Å². The molecule has 0 fully saturated rings. The van der Waals surface area contributed by atoms with Gasteiger partial charge in [0.05, 0.1) is 40.0 Å². The number of benzene rings is 6. The van der Waals surface area contributed by atoms with Gasteiger partial charge >= 0.3 is 0 Å². The summed E-state index contributed by atoms with van der Waals surface area (Å²) in [6, 6.07) is 54.2. The van der Waals surface area contributed by atoms with Crippen LogP contribution in [0.25, 0.3) is 93.7 Å². The Hall–Kier alpha value is -7.36. The highest BCUT2D eigenvalue weighted by Crippen LogP contribution is 2.38. The second kappa shape index (κ2) is 11.9. The quantitative estimate of drug-likeness (QED) is 0.172. The Kier molecular flexibility index (Phi) is 6.76. The number of hydrogen-bond donors (Lipinski definition) is 0. The number of hydrogen-bond acceptors (Lipinski definition) is 3. The van der Waals surface area contributed by atoms with Gasteiger partial charge in [0.2, 0.25) is 5.95 Å². The maximum absolute atomic E-state index is 7.41. The molecule has 242 valence electrons. The summed E-state index contributed by atoms with van der Waals surface area (Å²) in [4.78, 5) is 18.4. The van der Waals surface area contributed by atoms with Gasteiger partial charge in [0.15, 0.2) is 5.69 Å². The minimum absolute atomic E-state index is 0.590. The van der Waals surface area contributed by atoms with Crippen molar-refractivity contribution >= 4 is 49.3 Å². The number of fused-ring (bicyclic) bond motifs is 6. The molecule has 0 spiro atoms. The molecule has 10 rings (SSSR count). The lowest BCUT2D eigenvalue weighted by atomic mass is 10.0. The summed E-state index contributed by atoms with van der Waals surface area (Å²) < 4.78 is 4.48. The molecular weight excluding hydrogens is 637 g/mol. The minimum atomic E-state index is 0.590. The SMILES string of the molecule is [C-]#[N+]c1ccc(-c2cc(-c3ccccc3)nc(-n3c4ccccc4c4cc(-c5ccc6c(c5)c5cnccc5n6-c5ccccc5)ccc43)n2)cc1. The third-order valence-electron chi connectivity index (χ3n) is 9.86. The molecule has 0 saturated heterocycles. The normalized spacial score (nSPS) is 11.4. The van der Waals surface area contributed by atoms with E-state index in [1.165, 1.54) is 0 Å². The van der Waals surface area contributed by atoms with Gasteiger partial charge in [-0.25, -0.2) is 14.8 Å². The molecule has 0 aliphatic rings. The van der Waals surface area contributed by atoms with Crippen LogP contribution in [0.3, 0.4) is 0 Å². The molecule has 4 aromatic heterocycles. The van der Waals surface area contributed by atoms with Crippen molar-refractivity contribution in [3.63, 3.8) is 0 Å². The molecule has 0 N–H and O–H groups in total. The van der Waals surface area contributed by atoms with Gasteiger partial charge < -0.3 is 4.57 Å². The van der Waals surface area contributed by atoms with Crippen LogP contribution < -0.4 is 0 Å². The van der Waals surface area contributed by atoms with Gasteiger partial charge in [0, 0.05) is 45.2 Å². The number of nitrogens with zero attached hydrogens (tertiary/aromatic N) is 6. The zero-order valence-electron chi connectivity index (χ0n) is 27.8. The van der Waals surface area contributed by atoms with Crippen molar-refractivity contribution in [3.05, 3.63) is 182 Å². The molecule has 0 saturated carbocycles. The van der Waals surface area contributed by atoms with Crippen molar-refractivity contribution in [2.75, 3.05) is 0 Å². The monoisotopic (exact) mass is 664 g/mol. The van der Waals surface area contributed by atoms with E-state index < -0.39 is 0 Å². The van der Waals surface area contributed by atoms with Crippen LogP contribution in [0.15, 0.2) is 170 Å². The van der Waals surface area contributed by atoms with Gasteiger partial charge in [-0.2, -0.15) is 0 Å². The van der Waals surface area contributed by atoms with Crippen LogP contribution in [0.4, 0.5) is 5.69 Å². The molecule has 6 nitrogen and oxygen atoms in total. The van der Waals surface area contributed by atoms with Crippen molar-refractivity contribution in [2.24, 2.45) is 0 Å². The predicted molar refractivity (Wildman–Crippen MR) is 211 cm³/mol. The van der Waals surface area contributed by atoms with Gasteiger partial charge in [0.1, 0.15) is 0 Å². The fourth-order valence-electron chi connectivity index (χ4n) is 7.41. The second-order valence-corrected chi connectivity index (χ2v) is 12.8. The van der Waals surface area contributed by atoms with Crippen molar-refractivity contribution < 1.29 is 0 Å². The van der Waals surface area contributed by atoms with Gasteiger partial charge in [-0.1, -0.05) is 103 Å². The largest absolute Gasteiger partial charge is 0.309 e. The first kappa shape index (κ1) is 29.5. The topological polar surface area (TPSA) is 52.9 Å². The Labute approximate surface area is 299 Å². The average molecular weight is 665 g/mol.